The monoisotopic (exact) mass is 315 g/mol. The quantitative estimate of drug-likeness (QED) is 0.838. The zero-order chi connectivity index (χ0) is 15.4. The van der Waals surface area contributed by atoms with Gasteiger partial charge >= 0.3 is 0 Å². The first kappa shape index (κ1) is 15.3. The number of hydrogen-bond donors (Lipinski definition) is 0. The van der Waals surface area contributed by atoms with E-state index >= 15 is 0 Å². The highest BCUT2D eigenvalue weighted by molar-refractivity contribution is 7.09. The summed E-state index contributed by atoms with van der Waals surface area (Å²) >= 11 is 1.69. The molecule has 3 nitrogen and oxygen atoms in total. The summed E-state index contributed by atoms with van der Waals surface area (Å²) < 4.78 is 5.72. The third kappa shape index (κ3) is 3.76. The first-order valence-electron chi connectivity index (χ1n) is 7.72. The molecular weight excluding hydrogens is 294 g/mol. The number of ether oxygens (including phenoxy) is 1. The van der Waals surface area contributed by atoms with Crippen molar-refractivity contribution in [3.8, 4) is 0 Å². The molecule has 4 heteroatoms. The van der Waals surface area contributed by atoms with Gasteiger partial charge in [-0.05, 0) is 43.3 Å². The fourth-order valence-electron chi connectivity index (χ4n) is 2.72. The molecule has 2 heterocycles. The summed E-state index contributed by atoms with van der Waals surface area (Å²) in [6.45, 7) is 4.18. The summed E-state index contributed by atoms with van der Waals surface area (Å²) in [6, 6.07) is 11.9. The zero-order valence-electron chi connectivity index (χ0n) is 12.8. The Hall–Kier alpha value is -1.65. The van der Waals surface area contributed by atoms with E-state index in [1.165, 1.54) is 10.4 Å². The van der Waals surface area contributed by atoms with Gasteiger partial charge in [0.1, 0.15) is 0 Å². The standard InChI is InChI=1S/C18H21NO2S/c1-14-6-8-15(9-7-14)18(20)19(12-16-4-2-10-21-16)13-17-5-3-11-22-17/h3,5-9,11,16H,2,4,10,12-13H2,1H3. The lowest BCUT2D eigenvalue weighted by Crippen LogP contribution is -2.36. The summed E-state index contributed by atoms with van der Waals surface area (Å²) in [5, 5.41) is 2.05. The summed E-state index contributed by atoms with van der Waals surface area (Å²) in [5.74, 6) is 0.0869. The van der Waals surface area contributed by atoms with Crippen LogP contribution in [0.3, 0.4) is 0 Å². The first-order chi connectivity index (χ1) is 10.7. The van der Waals surface area contributed by atoms with Crippen molar-refractivity contribution in [1.29, 1.82) is 0 Å². The molecule has 1 aromatic heterocycles. The van der Waals surface area contributed by atoms with Crippen LogP contribution < -0.4 is 0 Å². The van der Waals surface area contributed by atoms with E-state index in [9.17, 15) is 4.79 Å². The summed E-state index contributed by atoms with van der Waals surface area (Å²) in [6.07, 6.45) is 2.31. The van der Waals surface area contributed by atoms with Crippen molar-refractivity contribution in [1.82, 2.24) is 4.90 Å². The van der Waals surface area contributed by atoms with E-state index < -0.39 is 0 Å². The van der Waals surface area contributed by atoms with Gasteiger partial charge in [-0.2, -0.15) is 0 Å². The first-order valence-corrected chi connectivity index (χ1v) is 8.60. The maximum Gasteiger partial charge on any atom is 0.254 e. The Morgan fingerprint density at radius 1 is 1.32 bits per heavy atom. The van der Waals surface area contributed by atoms with Gasteiger partial charge in [0.05, 0.1) is 12.6 Å². The number of hydrogen-bond acceptors (Lipinski definition) is 3. The molecule has 1 saturated heterocycles. The lowest BCUT2D eigenvalue weighted by atomic mass is 10.1. The van der Waals surface area contributed by atoms with E-state index in [2.05, 4.69) is 11.4 Å². The van der Waals surface area contributed by atoms with Gasteiger partial charge in [0, 0.05) is 23.6 Å². The topological polar surface area (TPSA) is 29.5 Å². The van der Waals surface area contributed by atoms with Crippen molar-refractivity contribution in [3.05, 3.63) is 57.8 Å². The molecule has 1 aliphatic heterocycles. The smallest absolute Gasteiger partial charge is 0.254 e. The van der Waals surface area contributed by atoms with Crippen LogP contribution in [-0.2, 0) is 11.3 Å². The minimum Gasteiger partial charge on any atom is -0.376 e. The van der Waals surface area contributed by atoms with Crippen LogP contribution >= 0.6 is 11.3 Å². The number of amides is 1. The second-order valence-corrected chi connectivity index (χ2v) is 6.80. The van der Waals surface area contributed by atoms with Gasteiger partial charge in [-0.1, -0.05) is 23.8 Å². The van der Waals surface area contributed by atoms with Crippen LogP contribution in [0.15, 0.2) is 41.8 Å². The van der Waals surface area contributed by atoms with E-state index in [1.807, 2.05) is 42.2 Å². The van der Waals surface area contributed by atoms with E-state index in [1.54, 1.807) is 11.3 Å². The number of nitrogens with zero attached hydrogens (tertiary/aromatic N) is 1. The third-order valence-corrected chi connectivity index (χ3v) is 4.82. The number of carbonyl (C=O) groups excluding carboxylic acids is 1. The van der Waals surface area contributed by atoms with Gasteiger partial charge in [0.25, 0.3) is 5.91 Å². The van der Waals surface area contributed by atoms with Gasteiger partial charge in [0.2, 0.25) is 0 Å². The summed E-state index contributed by atoms with van der Waals surface area (Å²) in [4.78, 5) is 16.0. The highest BCUT2D eigenvalue weighted by Crippen LogP contribution is 2.19. The largest absolute Gasteiger partial charge is 0.376 e. The molecule has 1 amide bonds. The molecule has 22 heavy (non-hydrogen) atoms. The van der Waals surface area contributed by atoms with Gasteiger partial charge in [-0.15, -0.1) is 11.3 Å². The number of thiophene rings is 1. The Kier molecular flexibility index (Phi) is 4.90. The highest BCUT2D eigenvalue weighted by atomic mass is 32.1. The number of benzene rings is 1. The Balaban J connectivity index is 1.76. The normalized spacial score (nSPS) is 17.6. The lowest BCUT2D eigenvalue weighted by Gasteiger charge is -2.25. The molecule has 1 unspecified atom stereocenters. The minimum atomic E-state index is 0.0869. The van der Waals surface area contributed by atoms with Crippen LogP contribution in [0.1, 0.15) is 33.6 Å². The molecule has 1 atom stereocenters. The van der Waals surface area contributed by atoms with Crippen molar-refractivity contribution in [2.24, 2.45) is 0 Å². The van der Waals surface area contributed by atoms with Crippen LogP contribution in [0.25, 0.3) is 0 Å². The molecule has 1 fully saturated rings. The molecular formula is C18H21NO2S. The fraction of sp³-hybridized carbons (Fsp3) is 0.389. The van der Waals surface area contributed by atoms with Crippen LogP contribution in [0.4, 0.5) is 0 Å². The predicted molar refractivity (Wildman–Crippen MR) is 89.2 cm³/mol. The van der Waals surface area contributed by atoms with E-state index in [-0.39, 0.29) is 12.0 Å². The number of carbonyl (C=O) groups is 1. The van der Waals surface area contributed by atoms with Crippen molar-refractivity contribution >= 4 is 17.2 Å². The second-order valence-electron chi connectivity index (χ2n) is 5.77. The molecule has 2 aromatic rings. The SMILES string of the molecule is Cc1ccc(C(=O)N(Cc2cccs2)CC2CCCO2)cc1. The van der Waals surface area contributed by atoms with Crippen molar-refractivity contribution in [3.63, 3.8) is 0 Å². The summed E-state index contributed by atoms with van der Waals surface area (Å²) in [5.41, 5.74) is 1.92. The van der Waals surface area contributed by atoms with Gasteiger partial charge in [0.15, 0.2) is 0 Å². The van der Waals surface area contributed by atoms with Crippen molar-refractivity contribution in [2.75, 3.05) is 13.2 Å². The molecule has 1 aromatic carbocycles. The van der Waals surface area contributed by atoms with Crippen LogP contribution in [0, 0.1) is 6.92 Å². The van der Waals surface area contributed by atoms with Crippen molar-refractivity contribution in [2.45, 2.75) is 32.4 Å². The number of aryl methyl sites for hydroxylation is 1. The van der Waals surface area contributed by atoms with Crippen molar-refractivity contribution < 1.29 is 9.53 Å². The Bertz CT molecular complexity index is 601. The molecule has 116 valence electrons. The molecule has 0 N–H and O–H groups in total. The van der Waals surface area contributed by atoms with Gasteiger partial charge in [-0.3, -0.25) is 4.79 Å². The minimum absolute atomic E-state index is 0.0869. The molecule has 0 radical (unpaired) electrons. The maximum absolute atomic E-state index is 12.8. The second kappa shape index (κ2) is 7.07. The van der Waals surface area contributed by atoms with Crippen LogP contribution in [0.2, 0.25) is 0 Å². The average molecular weight is 315 g/mol. The van der Waals surface area contributed by atoms with Gasteiger partial charge in [-0.25, -0.2) is 0 Å². The lowest BCUT2D eigenvalue weighted by molar-refractivity contribution is 0.0509. The third-order valence-electron chi connectivity index (χ3n) is 3.96. The Labute approximate surface area is 135 Å². The number of rotatable bonds is 5. The molecule has 0 bridgehead atoms. The Morgan fingerprint density at radius 3 is 2.77 bits per heavy atom. The van der Waals surface area contributed by atoms with E-state index in [0.717, 1.165) is 25.0 Å². The molecule has 0 aliphatic carbocycles. The molecule has 1 aliphatic rings. The van der Waals surface area contributed by atoms with Crippen LogP contribution in [-0.4, -0.2) is 30.1 Å². The predicted octanol–water partition coefficient (Wildman–Crippen LogP) is 3.88. The van der Waals surface area contributed by atoms with E-state index in [4.69, 9.17) is 4.74 Å². The van der Waals surface area contributed by atoms with E-state index in [0.29, 0.717) is 13.1 Å². The highest BCUT2D eigenvalue weighted by Gasteiger charge is 2.23. The van der Waals surface area contributed by atoms with Crippen LogP contribution in [0.5, 0.6) is 0 Å². The van der Waals surface area contributed by atoms with Gasteiger partial charge < -0.3 is 9.64 Å². The fourth-order valence-corrected chi connectivity index (χ4v) is 3.44. The zero-order valence-corrected chi connectivity index (χ0v) is 13.6. The molecule has 3 rings (SSSR count). The Morgan fingerprint density at radius 2 is 2.14 bits per heavy atom. The molecule has 0 spiro atoms. The maximum atomic E-state index is 12.8. The molecule has 0 saturated carbocycles. The average Bonchev–Trinajstić information content (AvgIpc) is 3.20. The summed E-state index contributed by atoms with van der Waals surface area (Å²) in [7, 11) is 0.